The summed E-state index contributed by atoms with van der Waals surface area (Å²) in [4.78, 5) is 4.43. The van der Waals surface area contributed by atoms with Gasteiger partial charge in [-0.3, -0.25) is 0 Å². The number of piperazine rings is 1. The van der Waals surface area contributed by atoms with E-state index in [1.807, 2.05) is 24.3 Å². The van der Waals surface area contributed by atoms with Crippen LogP contribution in [0.2, 0.25) is 0 Å². The highest BCUT2D eigenvalue weighted by Gasteiger charge is 2.19. The first-order valence-electron chi connectivity index (χ1n) is 7.75. The molecule has 0 aromatic heterocycles. The minimum absolute atomic E-state index is 0.198. The van der Waals surface area contributed by atoms with E-state index in [1.165, 1.54) is 17.7 Å². The van der Waals surface area contributed by atoms with Crippen LogP contribution < -0.4 is 10.2 Å². The van der Waals surface area contributed by atoms with Gasteiger partial charge in [-0.1, -0.05) is 12.1 Å². The van der Waals surface area contributed by atoms with E-state index < -0.39 is 0 Å². The molecule has 1 fully saturated rings. The molecule has 1 aliphatic heterocycles. The van der Waals surface area contributed by atoms with Gasteiger partial charge in [0.2, 0.25) is 0 Å². The molecule has 0 atom stereocenters. The molecule has 3 nitrogen and oxygen atoms in total. The van der Waals surface area contributed by atoms with Gasteiger partial charge in [-0.2, -0.15) is 0 Å². The fourth-order valence-electron chi connectivity index (χ4n) is 2.74. The highest BCUT2D eigenvalue weighted by atomic mass is 32.1. The van der Waals surface area contributed by atoms with E-state index in [0.29, 0.717) is 0 Å². The molecule has 0 bridgehead atoms. The number of rotatable bonds is 2. The molecule has 23 heavy (non-hydrogen) atoms. The van der Waals surface area contributed by atoms with Gasteiger partial charge in [-0.15, -0.1) is 0 Å². The lowest BCUT2D eigenvalue weighted by Crippen LogP contribution is -2.50. The van der Waals surface area contributed by atoms with Crippen molar-refractivity contribution in [1.29, 1.82) is 0 Å². The van der Waals surface area contributed by atoms with Crippen LogP contribution in [-0.2, 0) is 0 Å². The third-order valence-corrected chi connectivity index (χ3v) is 4.39. The van der Waals surface area contributed by atoms with Crippen LogP contribution >= 0.6 is 12.2 Å². The van der Waals surface area contributed by atoms with Crippen molar-refractivity contribution < 1.29 is 4.39 Å². The molecule has 2 aromatic carbocycles. The van der Waals surface area contributed by atoms with Crippen molar-refractivity contribution in [3.8, 4) is 0 Å². The van der Waals surface area contributed by atoms with Gasteiger partial charge in [0, 0.05) is 37.6 Å². The maximum Gasteiger partial charge on any atom is 0.173 e. The Bertz CT molecular complexity index is 679. The summed E-state index contributed by atoms with van der Waals surface area (Å²) in [6.45, 7) is 5.53. The highest BCUT2D eigenvalue weighted by Crippen LogP contribution is 2.18. The number of aryl methyl sites for hydroxylation is 1. The molecule has 1 heterocycles. The van der Waals surface area contributed by atoms with E-state index in [9.17, 15) is 4.39 Å². The van der Waals surface area contributed by atoms with E-state index in [-0.39, 0.29) is 5.82 Å². The van der Waals surface area contributed by atoms with Crippen LogP contribution in [0.15, 0.2) is 48.5 Å². The predicted octanol–water partition coefficient (Wildman–Crippen LogP) is 3.65. The molecule has 0 unspecified atom stereocenters. The Morgan fingerprint density at radius 3 is 2.39 bits per heavy atom. The topological polar surface area (TPSA) is 18.5 Å². The summed E-state index contributed by atoms with van der Waals surface area (Å²) in [5.41, 5.74) is 3.29. The Kier molecular flexibility index (Phi) is 4.76. The molecule has 1 aliphatic rings. The number of anilines is 2. The third kappa shape index (κ3) is 3.99. The van der Waals surface area contributed by atoms with E-state index in [0.717, 1.165) is 42.7 Å². The number of nitrogens with one attached hydrogen (secondary N) is 1. The molecular weight excluding hydrogens is 309 g/mol. The molecular formula is C18H20FN3S. The lowest BCUT2D eigenvalue weighted by molar-refractivity contribution is 0.391. The van der Waals surface area contributed by atoms with Gasteiger partial charge in [0.25, 0.3) is 0 Å². The fraction of sp³-hybridized carbons (Fsp3) is 0.278. The third-order valence-electron chi connectivity index (χ3n) is 4.03. The zero-order valence-electron chi connectivity index (χ0n) is 13.1. The second kappa shape index (κ2) is 6.96. The summed E-state index contributed by atoms with van der Waals surface area (Å²) in [7, 11) is 0. The van der Waals surface area contributed by atoms with Crippen LogP contribution in [0.4, 0.5) is 15.8 Å². The zero-order valence-corrected chi connectivity index (χ0v) is 13.9. The first kappa shape index (κ1) is 15.7. The van der Waals surface area contributed by atoms with Gasteiger partial charge in [0.1, 0.15) is 5.82 Å². The van der Waals surface area contributed by atoms with Gasteiger partial charge in [-0.05, 0) is 61.1 Å². The molecule has 0 aliphatic carbocycles. The Morgan fingerprint density at radius 1 is 1.04 bits per heavy atom. The summed E-state index contributed by atoms with van der Waals surface area (Å²) >= 11 is 5.52. The SMILES string of the molecule is Cc1cccc(NC(=S)N2CCN(c3ccc(F)cc3)CC2)c1. The van der Waals surface area contributed by atoms with Crippen molar-refractivity contribution in [2.45, 2.75) is 6.92 Å². The minimum Gasteiger partial charge on any atom is -0.368 e. The highest BCUT2D eigenvalue weighted by molar-refractivity contribution is 7.80. The van der Waals surface area contributed by atoms with E-state index in [1.54, 1.807) is 0 Å². The Labute approximate surface area is 141 Å². The summed E-state index contributed by atoms with van der Waals surface area (Å²) in [6, 6.07) is 14.9. The second-order valence-corrected chi connectivity index (χ2v) is 6.14. The largest absolute Gasteiger partial charge is 0.368 e. The van der Waals surface area contributed by atoms with Crippen molar-refractivity contribution in [2.24, 2.45) is 0 Å². The van der Waals surface area contributed by atoms with Crippen LogP contribution in [-0.4, -0.2) is 36.2 Å². The van der Waals surface area contributed by atoms with Crippen LogP contribution in [0.3, 0.4) is 0 Å². The van der Waals surface area contributed by atoms with E-state index in [4.69, 9.17) is 12.2 Å². The Morgan fingerprint density at radius 2 is 1.74 bits per heavy atom. The van der Waals surface area contributed by atoms with E-state index in [2.05, 4.69) is 34.2 Å². The van der Waals surface area contributed by atoms with Gasteiger partial charge >= 0.3 is 0 Å². The molecule has 1 saturated heterocycles. The summed E-state index contributed by atoms with van der Waals surface area (Å²) < 4.78 is 13.0. The van der Waals surface area contributed by atoms with E-state index >= 15 is 0 Å². The van der Waals surface area contributed by atoms with Gasteiger partial charge in [-0.25, -0.2) is 4.39 Å². The number of hydrogen-bond acceptors (Lipinski definition) is 2. The maximum atomic E-state index is 13.0. The summed E-state index contributed by atoms with van der Waals surface area (Å²) in [6.07, 6.45) is 0. The van der Waals surface area contributed by atoms with Crippen molar-refractivity contribution in [3.63, 3.8) is 0 Å². The molecule has 0 radical (unpaired) electrons. The second-order valence-electron chi connectivity index (χ2n) is 5.75. The monoisotopic (exact) mass is 329 g/mol. The van der Waals surface area contributed by atoms with Crippen LogP contribution in [0.1, 0.15) is 5.56 Å². The zero-order chi connectivity index (χ0) is 16.2. The Hall–Kier alpha value is -2.14. The molecule has 2 aromatic rings. The number of halogens is 1. The molecule has 0 spiro atoms. The number of hydrogen-bond donors (Lipinski definition) is 1. The van der Waals surface area contributed by atoms with Crippen molar-refractivity contribution >= 4 is 28.7 Å². The molecule has 0 amide bonds. The number of thiocarbonyl (C=S) groups is 1. The summed E-state index contributed by atoms with van der Waals surface area (Å²) in [5.74, 6) is -0.198. The molecule has 3 rings (SSSR count). The van der Waals surface area contributed by atoms with Crippen molar-refractivity contribution in [2.75, 3.05) is 36.4 Å². The maximum absolute atomic E-state index is 13.0. The standard InChI is InChI=1S/C18H20FN3S/c1-14-3-2-4-16(13-14)20-18(23)22-11-9-21(10-12-22)17-7-5-15(19)6-8-17/h2-8,13H,9-12H2,1H3,(H,20,23). The average Bonchev–Trinajstić information content (AvgIpc) is 2.56. The summed E-state index contributed by atoms with van der Waals surface area (Å²) in [5, 5.41) is 4.06. The van der Waals surface area contributed by atoms with Crippen LogP contribution in [0, 0.1) is 12.7 Å². The van der Waals surface area contributed by atoms with Gasteiger partial charge < -0.3 is 15.1 Å². The fourth-order valence-corrected chi connectivity index (χ4v) is 3.05. The van der Waals surface area contributed by atoms with Crippen molar-refractivity contribution in [1.82, 2.24) is 4.90 Å². The average molecular weight is 329 g/mol. The number of nitrogens with zero attached hydrogens (tertiary/aromatic N) is 2. The Balaban J connectivity index is 1.56. The van der Waals surface area contributed by atoms with Crippen LogP contribution in [0.25, 0.3) is 0 Å². The molecule has 5 heteroatoms. The van der Waals surface area contributed by atoms with Crippen molar-refractivity contribution in [3.05, 3.63) is 59.9 Å². The molecule has 0 saturated carbocycles. The first-order valence-corrected chi connectivity index (χ1v) is 8.16. The van der Waals surface area contributed by atoms with Gasteiger partial charge in [0.05, 0.1) is 0 Å². The smallest absolute Gasteiger partial charge is 0.173 e. The normalized spacial score (nSPS) is 14.7. The number of benzene rings is 2. The molecule has 1 N–H and O–H groups in total. The first-order chi connectivity index (χ1) is 11.1. The lowest BCUT2D eigenvalue weighted by Gasteiger charge is -2.37. The minimum atomic E-state index is -0.198. The molecule has 120 valence electrons. The lowest BCUT2D eigenvalue weighted by atomic mass is 10.2. The quantitative estimate of drug-likeness (QED) is 0.847. The van der Waals surface area contributed by atoms with Crippen LogP contribution in [0.5, 0.6) is 0 Å². The predicted molar refractivity (Wildman–Crippen MR) is 97.6 cm³/mol. The van der Waals surface area contributed by atoms with Gasteiger partial charge in [0.15, 0.2) is 5.11 Å².